The highest BCUT2D eigenvalue weighted by atomic mass is 32.1. The molecule has 88 valence electrons. The summed E-state index contributed by atoms with van der Waals surface area (Å²) in [5.74, 6) is 0. The van der Waals surface area contributed by atoms with Crippen molar-refractivity contribution in [3.63, 3.8) is 0 Å². The van der Waals surface area contributed by atoms with Crippen LogP contribution in [0, 0.1) is 6.92 Å². The third-order valence-corrected chi connectivity index (χ3v) is 4.23. The summed E-state index contributed by atoms with van der Waals surface area (Å²) in [5, 5.41) is 5.74. The van der Waals surface area contributed by atoms with Crippen molar-refractivity contribution in [2.24, 2.45) is 0 Å². The van der Waals surface area contributed by atoms with Crippen LogP contribution >= 0.6 is 11.3 Å². The Morgan fingerprint density at radius 2 is 2.31 bits per heavy atom. The lowest BCUT2D eigenvalue weighted by atomic mass is 9.92. The molecule has 1 atom stereocenters. The smallest absolute Gasteiger partial charge is 0.0363 e. The molecule has 1 unspecified atom stereocenters. The molecule has 1 aliphatic carbocycles. The topological polar surface area (TPSA) is 12.0 Å². The first-order valence-electron chi connectivity index (χ1n) is 6.20. The quantitative estimate of drug-likeness (QED) is 0.771. The van der Waals surface area contributed by atoms with Gasteiger partial charge in [0.25, 0.3) is 0 Å². The van der Waals surface area contributed by atoms with Crippen LogP contribution in [-0.2, 0) is 0 Å². The van der Waals surface area contributed by atoms with Crippen molar-refractivity contribution in [2.75, 3.05) is 7.05 Å². The standard InChI is InChI=1S/C14H21NS/c1-11-8-13(10-16-11)14(15-2)9-12-6-4-3-5-7-12/h6,8,10,14-15H,3-5,7,9H2,1-2H3. The van der Waals surface area contributed by atoms with Crippen LogP contribution in [0.25, 0.3) is 0 Å². The fourth-order valence-corrected chi connectivity index (χ4v) is 3.14. The van der Waals surface area contributed by atoms with E-state index in [1.807, 2.05) is 11.3 Å². The van der Waals surface area contributed by atoms with Gasteiger partial charge in [0.2, 0.25) is 0 Å². The number of nitrogens with one attached hydrogen (secondary N) is 1. The van der Waals surface area contributed by atoms with E-state index in [1.54, 1.807) is 5.57 Å². The summed E-state index contributed by atoms with van der Waals surface area (Å²) in [7, 11) is 2.07. The molecule has 0 aliphatic heterocycles. The second kappa shape index (κ2) is 5.65. The van der Waals surface area contributed by atoms with E-state index in [-0.39, 0.29) is 0 Å². The zero-order chi connectivity index (χ0) is 11.4. The molecule has 1 N–H and O–H groups in total. The fraction of sp³-hybridized carbons (Fsp3) is 0.571. The molecule has 1 nitrogen and oxygen atoms in total. The fourth-order valence-electron chi connectivity index (χ4n) is 2.39. The van der Waals surface area contributed by atoms with Crippen LogP contribution in [-0.4, -0.2) is 7.05 Å². The van der Waals surface area contributed by atoms with Gasteiger partial charge in [0, 0.05) is 10.9 Å². The Hall–Kier alpha value is -0.600. The molecule has 0 fully saturated rings. The van der Waals surface area contributed by atoms with Crippen LogP contribution in [0.2, 0.25) is 0 Å². The summed E-state index contributed by atoms with van der Waals surface area (Å²) in [4.78, 5) is 1.41. The SMILES string of the molecule is CNC(CC1=CCCCC1)c1csc(C)c1. The minimum absolute atomic E-state index is 0.509. The molecule has 2 heteroatoms. The summed E-state index contributed by atoms with van der Waals surface area (Å²) in [6, 6.07) is 2.82. The summed E-state index contributed by atoms with van der Waals surface area (Å²) in [6.07, 6.45) is 8.99. The zero-order valence-corrected chi connectivity index (χ0v) is 11.1. The van der Waals surface area contributed by atoms with E-state index in [2.05, 4.69) is 36.8 Å². The average molecular weight is 235 g/mol. The summed E-state index contributed by atoms with van der Waals surface area (Å²) < 4.78 is 0. The first-order valence-corrected chi connectivity index (χ1v) is 7.08. The van der Waals surface area contributed by atoms with Crippen LogP contribution in [0.1, 0.15) is 48.6 Å². The molecule has 1 heterocycles. The van der Waals surface area contributed by atoms with Crippen molar-refractivity contribution in [3.05, 3.63) is 33.5 Å². The van der Waals surface area contributed by atoms with Gasteiger partial charge in [-0.2, -0.15) is 0 Å². The number of allylic oxidation sites excluding steroid dienone is 1. The Kier molecular flexibility index (Phi) is 4.19. The van der Waals surface area contributed by atoms with Gasteiger partial charge in [0.05, 0.1) is 0 Å². The molecule has 0 saturated carbocycles. The molecule has 0 aromatic carbocycles. The van der Waals surface area contributed by atoms with Crippen LogP contribution in [0.15, 0.2) is 23.1 Å². The van der Waals surface area contributed by atoms with Gasteiger partial charge in [-0.15, -0.1) is 11.3 Å². The van der Waals surface area contributed by atoms with E-state index in [4.69, 9.17) is 0 Å². The van der Waals surface area contributed by atoms with E-state index in [0.717, 1.165) is 0 Å². The number of aryl methyl sites for hydroxylation is 1. The first kappa shape index (κ1) is 11.9. The van der Waals surface area contributed by atoms with Crippen LogP contribution in [0.4, 0.5) is 0 Å². The van der Waals surface area contributed by atoms with E-state index < -0.39 is 0 Å². The molecule has 0 bridgehead atoms. The number of rotatable bonds is 4. The summed E-state index contributed by atoms with van der Waals surface area (Å²) in [5.41, 5.74) is 3.10. The largest absolute Gasteiger partial charge is 0.313 e. The Bertz CT molecular complexity index is 365. The lowest BCUT2D eigenvalue weighted by molar-refractivity contribution is 0.560. The predicted molar refractivity (Wildman–Crippen MR) is 72.0 cm³/mol. The van der Waals surface area contributed by atoms with Crippen molar-refractivity contribution in [1.82, 2.24) is 5.32 Å². The van der Waals surface area contributed by atoms with Crippen molar-refractivity contribution in [1.29, 1.82) is 0 Å². The van der Waals surface area contributed by atoms with Gasteiger partial charge in [0.1, 0.15) is 0 Å². The molecule has 1 aromatic heterocycles. The Morgan fingerprint density at radius 3 is 2.88 bits per heavy atom. The zero-order valence-electron chi connectivity index (χ0n) is 10.3. The molecular weight excluding hydrogens is 214 g/mol. The van der Waals surface area contributed by atoms with Crippen LogP contribution < -0.4 is 5.32 Å². The first-order chi connectivity index (χ1) is 7.79. The molecule has 0 spiro atoms. The van der Waals surface area contributed by atoms with Crippen molar-refractivity contribution < 1.29 is 0 Å². The van der Waals surface area contributed by atoms with Gasteiger partial charge >= 0.3 is 0 Å². The number of thiophene rings is 1. The Labute approximate surface area is 103 Å². The van der Waals surface area contributed by atoms with E-state index in [9.17, 15) is 0 Å². The molecule has 16 heavy (non-hydrogen) atoms. The molecule has 1 aliphatic rings. The lowest BCUT2D eigenvalue weighted by Gasteiger charge is -2.19. The lowest BCUT2D eigenvalue weighted by Crippen LogP contribution is -2.16. The van der Waals surface area contributed by atoms with Gasteiger partial charge < -0.3 is 5.32 Å². The highest BCUT2D eigenvalue weighted by Gasteiger charge is 2.14. The molecule has 1 aromatic rings. The van der Waals surface area contributed by atoms with Gasteiger partial charge in [-0.3, -0.25) is 0 Å². The maximum atomic E-state index is 3.44. The highest BCUT2D eigenvalue weighted by molar-refractivity contribution is 7.10. The minimum atomic E-state index is 0.509. The molecule has 2 rings (SSSR count). The third kappa shape index (κ3) is 2.96. The molecule has 0 saturated heterocycles. The third-order valence-electron chi connectivity index (χ3n) is 3.35. The number of hydrogen-bond donors (Lipinski definition) is 1. The minimum Gasteiger partial charge on any atom is -0.313 e. The Morgan fingerprint density at radius 1 is 1.44 bits per heavy atom. The van der Waals surface area contributed by atoms with Gasteiger partial charge in [-0.1, -0.05) is 11.6 Å². The van der Waals surface area contributed by atoms with Gasteiger partial charge in [-0.05, 0) is 63.1 Å². The maximum Gasteiger partial charge on any atom is 0.0363 e. The van der Waals surface area contributed by atoms with Crippen molar-refractivity contribution in [2.45, 2.75) is 45.1 Å². The van der Waals surface area contributed by atoms with Gasteiger partial charge in [0.15, 0.2) is 0 Å². The molecule has 0 amide bonds. The molecular formula is C14H21NS. The summed E-state index contributed by atoms with van der Waals surface area (Å²) in [6.45, 7) is 2.18. The van der Waals surface area contributed by atoms with E-state index in [0.29, 0.717) is 6.04 Å². The van der Waals surface area contributed by atoms with Crippen molar-refractivity contribution >= 4 is 11.3 Å². The monoisotopic (exact) mass is 235 g/mol. The van der Waals surface area contributed by atoms with E-state index in [1.165, 1.54) is 42.5 Å². The Balaban J connectivity index is 2.02. The second-order valence-electron chi connectivity index (χ2n) is 4.64. The van der Waals surface area contributed by atoms with Crippen LogP contribution in [0.5, 0.6) is 0 Å². The van der Waals surface area contributed by atoms with E-state index >= 15 is 0 Å². The highest BCUT2D eigenvalue weighted by Crippen LogP contribution is 2.29. The molecule has 0 radical (unpaired) electrons. The average Bonchev–Trinajstić information content (AvgIpc) is 2.74. The number of hydrogen-bond acceptors (Lipinski definition) is 2. The summed E-state index contributed by atoms with van der Waals surface area (Å²) >= 11 is 1.85. The predicted octanol–water partition coefficient (Wildman–Crippen LogP) is 4.21. The normalized spacial score (nSPS) is 18.2. The van der Waals surface area contributed by atoms with Gasteiger partial charge in [-0.25, -0.2) is 0 Å². The van der Waals surface area contributed by atoms with Crippen LogP contribution in [0.3, 0.4) is 0 Å². The van der Waals surface area contributed by atoms with Crippen molar-refractivity contribution in [3.8, 4) is 0 Å². The second-order valence-corrected chi connectivity index (χ2v) is 5.76. The maximum absolute atomic E-state index is 3.44.